The van der Waals surface area contributed by atoms with E-state index in [1.54, 1.807) is 30.6 Å². The van der Waals surface area contributed by atoms with Gasteiger partial charge in [0, 0.05) is 12.5 Å². The van der Waals surface area contributed by atoms with E-state index in [1.165, 1.54) is 17.7 Å². The lowest BCUT2D eigenvalue weighted by Crippen LogP contribution is -2.23. The summed E-state index contributed by atoms with van der Waals surface area (Å²) in [4.78, 5) is 5.72. The highest BCUT2D eigenvalue weighted by atomic mass is 32.1. The Morgan fingerprint density at radius 1 is 1.20 bits per heavy atom. The van der Waals surface area contributed by atoms with Gasteiger partial charge in [0.15, 0.2) is 4.80 Å². The number of halogens is 1. The average molecular weight is 356 g/mol. The van der Waals surface area contributed by atoms with Gasteiger partial charge < -0.3 is 9.30 Å². The van der Waals surface area contributed by atoms with Crippen LogP contribution < -0.4 is 4.80 Å². The van der Waals surface area contributed by atoms with Crippen molar-refractivity contribution in [3.05, 3.63) is 70.1 Å². The molecule has 0 aliphatic heterocycles. The Bertz CT molecular complexity index is 912. The Hall–Kier alpha value is -2.24. The molecule has 3 aromatic rings. The molecule has 0 N–H and O–H groups in total. The highest BCUT2D eigenvalue weighted by Gasteiger charge is 2.14. The van der Waals surface area contributed by atoms with Crippen LogP contribution in [0.5, 0.6) is 0 Å². The number of ether oxygens (including phenoxy) is 1. The van der Waals surface area contributed by atoms with Gasteiger partial charge in [0.1, 0.15) is 5.82 Å². The van der Waals surface area contributed by atoms with Gasteiger partial charge in [-0.3, -0.25) is 0 Å². The summed E-state index contributed by atoms with van der Waals surface area (Å²) in [7, 11) is 1.69. The van der Waals surface area contributed by atoms with Crippen LogP contribution in [0.15, 0.2) is 58.9 Å². The Kier molecular flexibility index (Phi) is 5.46. The maximum absolute atomic E-state index is 13.3. The summed E-state index contributed by atoms with van der Waals surface area (Å²) in [5.74, 6) is -0.236. The van der Waals surface area contributed by atoms with E-state index in [9.17, 15) is 4.39 Å². The maximum atomic E-state index is 13.3. The minimum absolute atomic E-state index is 0.111. The minimum atomic E-state index is -0.236. The number of benzene rings is 2. The van der Waals surface area contributed by atoms with E-state index in [0.717, 1.165) is 21.7 Å². The number of methoxy groups -OCH3 is 1. The quantitative estimate of drug-likeness (QED) is 0.624. The van der Waals surface area contributed by atoms with Crippen LogP contribution in [0.3, 0.4) is 0 Å². The SMILES string of the molecule is COC[C@H](C)n1c(-c2ccc(F)cc2)csc1=Nc1cccc(C)c1. The first-order chi connectivity index (χ1) is 12.1. The van der Waals surface area contributed by atoms with Crippen LogP contribution in [0.4, 0.5) is 10.1 Å². The molecule has 3 nitrogen and oxygen atoms in total. The van der Waals surface area contributed by atoms with Crippen molar-refractivity contribution in [1.29, 1.82) is 0 Å². The molecule has 1 heterocycles. The smallest absolute Gasteiger partial charge is 0.190 e. The second-order valence-corrected chi connectivity index (χ2v) is 6.87. The molecule has 25 heavy (non-hydrogen) atoms. The van der Waals surface area contributed by atoms with Crippen LogP contribution in [-0.2, 0) is 4.74 Å². The molecular weight excluding hydrogens is 335 g/mol. The first-order valence-electron chi connectivity index (χ1n) is 8.15. The fourth-order valence-corrected chi connectivity index (χ4v) is 3.80. The number of aryl methyl sites for hydroxylation is 1. The van der Waals surface area contributed by atoms with Crippen LogP contribution in [0.1, 0.15) is 18.5 Å². The second-order valence-electron chi connectivity index (χ2n) is 6.04. The summed E-state index contributed by atoms with van der Waals surface area (Å²) < 4.78 is 20.8. The zero-order valence-corrected chi connectivity index (χ0v) is 15.4. The Morgan fingerprint density at radius 3 is 2.64 bits per heavy atom. The number of nitrogens with zero attached hydrogens (tertiary/aromatic N) is 2. The molecule has 0 saturated heterocycles. The van der Waals surface area contributed by atoms with Gasteiger partial charge >= 0.3 is 0 Å². The molecule has 1 aromatic heterocycles. The van der Waals surface area contributed by atoms with Gasteiger partial charge in [-0.1, -0.05) is 12.1 Å². The van der Waals surface area contributed by atoms with Crippen molar-refractivity contribution >= 4 is 17.0 Å². The summed E-state index contributed by atoms with van der Waals surface area (Å²) in [6.07, 6.45) is 0. The predicted octanol–water partition coefficient (Wildman–Crippen LogP) is 5.10. The lowest BCUT2D eigenvalue weighted by Gasteiger charge is -2.16. The van der Waals surface area contributed by atoms with Crippen molar-refractivity contribution in [2.45, 2.75) is 19.9 Å². The Labute approximate surface area is 151 Å². The van der Waals surface area contributed by atoms with Crippen LogP contribution in [0, 0.1) is 12.7 Å². The largest absolute Gasteiger partial charge is 0.383 e. The number of thiazole rings is 1. The zero-order chi connectivity index (χ0) is 17.8. The number of hydrogen-bond donors (Lipinski definition) is 0. The molecule has 0 fully saturated rings. The Balaban J connectivity index is 2.14. The molecule has 0 radical (unpaired) electrons. The summed E-state index contributed by atoms with van der Waals surface area (Å²) in [6.45, 7) is 4.73. The van der Waals surface area contributed by atoms with E-state index in [0.29, 0.717) is 6.61 Å². The maximum Gasteiger partial charge on any atom is 0.190 e. The first-order valence-corrected chi connectivity index (χ1v) is 9.03. The van der Waals surface area contributed by atoms with Gasteiger partial charge in [0.05, 0.1) is 24.0 Å². The highest BCUT2D eigenvalue weighted by Crippen LogP contribution is 2.24. The summed E-state index contributed by atoms with van der Waals surface area (Å²) in [5.41, 5.74) is 4.08. The summed E-state index contributed by atoms with van der Waals surface area (Å²) >= 11 is 1.58. The zero-order valence-electron chi connectivity index (χ0n) is 14.6. The van der Waals surface area contributed by atoms with E-state index >= 15 is 0 Å². The fraction of sp³-hybridized carbons (Fsp3) is 0.250. The minimum Gasteiger partial charge on any atom is -0.383 e. The lowest BCUT2D eigenvalue weighted by molar-refractivity contribution is 0.162. The van der Waals surface area contributed by atoms with Crippen molar-refractivity contribution in [1.82, 2.24) is 4.57 Å². The predicted molar refractivity (Wildman–Crippen MR) is 101 cm³/mol. The van der Waals surface area contributed by atoms with Gasteiger partial charge in [-0.2, -0.15) is 0 Å². The second kappa shape index (κ2) is 7.76. The molecule has 0 saturated carbocycles. The Morgan fingerprint density at radius 2 is 1.96 bits per heavy atom. The first kappa shape index (κ1) is 17.6. The summed E-state index contributed by atoms with van der Waals surface area (Å²) in [5, 5.41) is 2.06. The third-order valence-electron chi connectivity index (χ3n) is 3.96. The molecule has 3 rings (SSSR count). The van der Waals surface area contributed by atoms with Crippen molar-refractivity contribution in [2.75, 3.05) is 13.7 Å². The van der Waals surface area contributed by atoms with Crippen LogP contribution in [-0.4, -0.2) is 18.3 Å². The van der Waals surface area contributed by atoms with E-state index in [4.69, 9.17) is 9.73 Å². The molecule has 0 bridgehead atoms. The molecule has 130 valence electrons. The van der Waals surface area contributed by atoms with Gasteiger partial charge in [-0.25, -0.2) is 9.38 Å². The normalized spacial score (nSPS) is 13.2. The number of aromatic nitrogens is 1. The molecule has 5 heteroatoms. The monoisotopic (exact) mass is 356 g/mol. The van der Waals surface area contributed by atoms with E-state index in [2.05, 4.69) is 35.9 Å². The molecule has 0 amide bonds. The molecule has 0 aliphatic rings. The van der Waals surface area contributed by atoms with Crippen LogP contribution in [0.25, 0.3) is 11.3 Å². The van der Waals surface area contributed by atoms with E-state index in [-0.39, 0.29) is 11.9 Å². The van der Waals surface area contributed by atoms with Crippen LogP contribution >= 0.6 is 11.3 Å². The topological polar surface area (TPSA) is 26.5 Å². The van der Waals surface area contributed by atoms with Gasteiger partial charge in [0.2, 0.25) is 0 Å². The summed E-state index contributed by atoms with van der Waals surface area (Å²) in [6, 6.07) is 14.8. The molecule has 1 atom stereocenters. The molecule has 0 unspecified atom stereocenters. The molecule has 0 spiro atoms. The van der Waals surface area contributed by atoms with Crippen LogP contribution in [0.2, 0.25) is 0 Å². The van der Waals surface area contributed by atoms with E-state index in [1.807, 2.05) is 12.1 Å². The van der Waals surface area contributed by atoms with Crippen molar-refractivity contribution < 1.29 is 9.13 Å². The third-order valence-corrected chi connectivity index (χ3v) is 4.80. The molecule has 2 aromatic carbocycles. The number of hydrogen-bond acceptors (Lipinski definition) is 3. The van der Waals surface area contributed by atoms with Crippen molar-refractivity contribution in [2.24, 2.45) is 4.99 Å². The number of rotatable bonds is 5. The van der Waals surface area contributed by atoms with E-state index < -0.39 is 0 Å². The standard InChI is InChI=1S/C20H21FN2OS/c1-14-5-4-6-18(11-14)22-20-23(15(2)12-24-3)19(13-25-20)16-7-9-17(21)10-8-16/h4-11,13,15H,12H2,1-3H3/t15-/m0/s1. The molecular formula is C20H21FN2OS. The highest BCUT2D eigenvalue weighted by molar-refractivity contribution is 7.07. The molecule has 0 aliphatic carbocycles. The fourth-order valence-electron chi connectivity index (χ4n) is 2.78. The lowest BCUT2D eigenvalue weighted by atomic mass is 10.1. The average Bonchev–Trinajstić information content (AvgIpc) is 2.99. The third kappa shape index (κ3) is 4.06. The van der Waals surface area contributed by atoms with Gasteiger partial charge in [-0.15, -0.1) is 11.3 Å². The van der Waals surface area contributed by atoms with Crippen molar-refractivity contribution in [3.8, 4) is 11.3 Å². The van der Waals surface area contributed by atoms with Gasteiger partial charge in [0.25, 0.3) is 0 Å². The van der Waals surface area contributed by atoms with Crippen molar-refractivity contribution in [3.63, 3.8) is 0 Å². The van der Waals surface area contributed by atoms with Gasteiger partial charge in [-0.05, 0) is 61.4 Å².